The van der Waals surface area contributed by atoms with E-state index in [-0.39, 0.29) is 18.3 Å². The van der Waals surface area contributed by atoms with Gasteiger partial charge < -0.3 is 4.90 Å². The number of rotatable bonds is 11. The van der Waals surface area contributed by atoms with Crippen LogP contribution in [-0.4, -0.2) is 47.7 Å². The Morgan fingerprint density at radius 3 is 2.33 bits per heavy atom. The standard InChI is InChI=1S/C26H35N3OS2.ClH/c1-6-28(7-2)14-15-29(26-27-23-17-20(4)21(5)18-24(23)32-26)25(30)9-8-16-31-22-12-10-19(3)11-13-22;/h10-13,17-18H,6-9,14-16H2,1-5H3;1H. The molecule has 0 saturated carbocycles. The lowest BCUT2D eigenvalue weighted by atomic mass is 10.1. The van der Waals surface area contributed by atoms with Crippen LogP contribution in [0.3, 0.4) is 0 Å². The van der Waals surface area contributed by atoms with Crippen molar-refractivity contribution in [3.63, 3.8) is 0 Å². The Hall–Kier alpha value is -1.60. The molecule has 0 spiro atoms. The molecule has 0 bridgehead atoms. The highest BCUT2D eigenvalue weighted by Crippen LogP contribution is 2.31. The normalized spacial score (nSPS) is 11.1. The van der Waals surface area contributed by atoms with E-state index >= 15 is 0 Å². The van der Waals surface area contributed by atoms with Crippen LogP contribution < -0.4 is 4.90 Å². The largest absolute Gasteiger partial charge is 0.302 e. The van der Waals surface area contributed by atoms with E-state index in [9.17, 15) is 4.79 Å². The molecule has 0 aliphatic carbocycles. The molecule has 7 heteroatoms. The van der Waals surface area contributed by atoms with Gasteiger partial charge in [-0.25, -0.2) is 4.98 Å². The highest BCUT2D eigenvalue weighted by Gasteiger charge is 2.20. The van der Waals surface area contributed by atoms with E-state index in [1.807, 2.05) is 16.7 Å². The third kappa shape index (κ3) is 7.71. The molecule has 180 valence electrons. The van der Waals surface area contributed by atoms with Crippen LogP contribution in [-0.2, 0) is 4.79 Å². The monoisotopic (exact) mass is 505 g/mol. The fourth-order valence-electron chi connectivity index (χ4n) is 3.57. The van der Waals surface area contributed by atoms with E-state index in [0.717, 1.165) is 47.2 Å². The molecule has 1 amide bonds. The van der Waals surface area contributed by atoms with Gasteiger partial charge in [0.25, 0.3) is 0 Å². The van der Waals surface area contributed by atoms with Gasteiger partial charge in [-0.2, -0.15) is 0 Å². The third-order valence-electron chi connectivity index (χ3n) is 5.88. The summed E-state index contributed by atoms with van der Waals surface area (Å²) in [6, 6.07) is 12.9. The summed E-state index contributed by atoms with van der Waals surface area (Å²) in [5, 5.41) is 0.827. The van der Waals surface area contributed by atoms with Crippen LogP contribution in [0.15, 0.2) is 41.3 Å². The lowest BCUT2D eigenvalue weighted by molar-refractivity contribution is -0.118. The number of hydrogen-bond acceptors (Lipinski definition) is 5. The number of nitrogens with zero attached hydrogens (tertiary/aromatic N) is 3. The van der Waals surface area contributed by atoms with Crippen LogP contribution in [0.25, 0.3) is 10.2 Å². The summed E-state index contributed by atoms with van der Waals surface area (Å²) in [5.74, 6) is 1.12. The molecule has 0 aliphatic rings. The van der Waals surface area contributed by atoms with Gasteiger partial charge in [0.15, 0.2) is 5.13 Å². The van der Waals surface area contributed by atoms with Gasteiger partial charge in [-0.05, 0) is 81.4 Å². The number of fused-ring (bicyclic) bond motifs is 1. The van der Waals surface area contributed by atoms with Crippen LogP contribution in [0.1, 0.15) is 43.4 Å². The summed E-state index contributed by atoms with van der Waals surface area (Å²) >= 11 is 3.45. The molecule has 4 nitrogen and oxygen atoms in total. The van der Waals surface area contributed by atoms with Crippen molar-refractivity contribution in [1.29, 1.82) is 0 Å². The van der Waals surface area contributed by atoms with E-state index in [4.69, 9.17) is 4.98 Å². The first kappa shape index (κ1) is 27.6. The second kappa shape index (κ2) is 13.3. The molecule has 3 rings (SSSR count). The first-order chi connectivity index (χ1) is 15.4. The number of anilines is 1. The second-order valence-electron chi connectivity index (χ2n) is 8.24. The third-order valence-corrected chi connectivity index (χ3v) is 8.02. The average Bonchev–Trinajstić information content (AvgIpc) is 3.18. The van der Waals surface area contributed by atoms with Crippen molar-refractivity contribution >= 4 is 56.8 Å². The zero-order chi connectivity index (χ0) is 23.1. The topological polar surface area (TPSA) is 36.4 Å². The second-order valence-corrected chi connectivity index (χ2v) is 10.4. The Labute approximate surface area is 213 Å². The summed E-state index contributed by atoms with van der Waals surface area (Å²) in [7, 11) is 0. The van der Waals surface area contributed by atoms with Crippen molar-refractivity contribution in [2.24, 2.45) is 0 Å². The van der Waals surface area contributed by atoms with E-state index < -0.39 is 0 Å². The number of benzene rings is 2. The minimum Gasteiger partial charge on any atom is -0.302 e. The summed E-state index contributed by atoms with van der Waals surface area (Å²) in [4.78, 5) is 23.7. The molecule has 3 aromatic rings. The van der Waals surface area contributed by atoms with Crippen molar-refractivity contribution in [3.05, 3.63) is 53.1 Å². The van der Waals surface area contributed by atoms with Crippen LogP contribution >= 0.6 is 35.5 Å². The van der Waals surface area contributed by atoms with Crippen molar-refractivity contribution in [2.45, 2.75) is 52.4 Å². The zero-order valence-corrected chi connectivity index (χ0v) is 22.8. The number of amides is 1. The lowest BCUT2D eigenvalue weighted by Gasteiger charge is -2.24. The Balaban J connectivity index is 0.00000385. The van der Waals surface area contributed by atoms with Crippen molar-refractivity contribution in [3.8, 4) is 0 Å². The molecule has 1 heterocycles. The van der Waals surface area contributed by atoms with Crippen LogP contribution in [0.5, 0.6) is 0 Å². The van der Waals surface area contributed by atoms with E-state index in [1.165, 1.54) is 21.6 Å². The average molecular weight is 506 g/mol. The van der Waals surface area contributed by atoms with Gasteiger partial charge in [0.2, 0.25) is 5.91 Å². The Kier molecular flexibility index (Phi) is 11.2. The fourth-order valence-corrected chi connectivity index (χ4v) is 5.52. The molecule has 0 N–H and O–H groups in total. The van der Waals surface area contributed by atoms with Gasteiger partial charge in [0, 0.05) is 24.4 Å². The van der Waals surface area contributed by atoms with Gasteiger partial charge in [-0.15, -0.1) is 24.2 Å². The number of carbonyl (C=O) groups is 1. The SMILES string of the molecule is CCN(CC)CCN(C(=O)CCCSc1ccc(C)cc1)c1nc2cc(C)c(C)cc2s1.Cl. The first-order valence-corrected chi connectivity index (χ1v) is 13.3. The number of likely N-dealkylation sites (N-methyl/N-ethyl adjacent to an activating group) is 1. The quantitative estimate of drug-likeness (QED) is 0.210. The first-order valence-electron chi connectivity index (χ1n) is 11.5. The highest BCUT2D eigenvalue weighted by molar-refractivity contribution is 7.99. The fraction of sp³-hybridized carbons (Fsp3) is 0.462. The molecule has 0 unspecified atom stereocenters. The molecule has 0 atom stereocenters. The maximum Gasteiger partial charge on any atom is 0.228 e. The zero-order valence-electron chi connectivity index (χ0n) is 20.4. The molecule has 0 fully saturated rings. The molecule has 0 radical (unpaired) electrons. The number of thioether (sulfide) groups is 1. The Morgan fingerprint density at radius 1 is 1.00 bits per heavy atom. The van der Waals surface area contributed by atoms with E-state index in [0.29, 0.717) is 13.0 Å². The number of carbonyl (C=O) groups excluding carboxylic acids is 1. The van der Waals surface area contributed by atoms with Crippen molar-refractivity contribution in [2.75, 3.05) is 36.8 Å². The van der Waals surface area contributed by atoms with Crippen molar-refractivity contribution in [1.82, 2.24) is 9.88 Å². The number of aryl methyl sites for hydroxylation is 3. The minimum atomic E-state index is 0. The Bertz CT molecular complexity index is 993. The molecule has 2 aromatic carbocycles. The van der Waals surface area contributed by atoms with Crippen LogP contribution in [0, 0.1) is 20.8 Å². The summed E-state index contributed by atoms with van der Waals surface area (Å²) in [6.07, 6.45) is 1.41. The van der Waals surface area contributed by atoms with Crippen LogP contribution in [0.4, 0.5) is 5.13 Å². The Morgan fingerprint density at radius 2 is 1.67 bits per heavy atom. The molecule has 1 aromatic heterocycles. The smallest absolute Gasteiger partial charge is 0.228 e. The summed E-state index contributed by atoms with van der Waals surface area (Å²) < 4.78 is 1.15. The molecular weight excluding hydrogens is 470 g/mol. The molecule has 0 saturated heterocycles. The summed E-state index contributed by atoms with van der Waals surface area (Å²) in [6.45, 7) is 14.2. The van der Waals surface area contributed by atoms with Gasteiger partial charge in [0.1, 0.15) is 0 Å². The lowest BCUT2D eigenvalue weighted by Crippen LogP contribution is -2.38. The molecule has 33 heavy (non-hydrogen) atoms. The minimum absolute atomic E-state index is 0. The van der Waals surface area contributed by atoms with E-state index in [2.05, 4.69) is 75.9 Å². The number of thiazole rings is 1. The maximum absolute atomic E-state index is 13.3. The van der Waals surface area contributed by atoms with Gasteiger partial charge in [-0.1, -0.05) is 42.9 Å². The summed E-state index contributed by atoms with van der Waals surface area (Å²) in [5.41, 5.74) is 4.77. The van der Waals surface area contributed by atoms with Gasteiger partial charge in [-0.3, -0.25) is 9.69 Å². The van der Waals surface area contributed by atoms with Gasteiger partial charge in [0.05, 0.1) is 10.2 Å². The van der Waals surface area contributed by atoms with Gasteiger partial charge >= 0.3 is 0 Å². The number of halogens is 1. The number of hydrogen-bond donors (Lipinski definition) is 0. The highest BCUT2D eigenvalue weighted by atomic mass is 35.5. The predicted octanol–water partition coefficient (Wildman–Crippen LogP) is 6.89. The molecule has 0 aliphatic heterocycles. The number of aromatic nitrogens is 1. The van der Waals surface area contributed by atoms with Crippen LogP contribution in [0.2, 0.25) is 0 Å². The van der Waals surface area contributed by atoms with Crippen molar-refractivity contribution < 1.29 is 4.79 Å². The molecular formula is C26H36ClN3OS2. The predicted molar refractivity (Wildman–Crippen MR) is 148 cm³/mol. The van der Waals surface area contributed by atoms with E-state index in [1.54, 1.807) is 11.3 Å². The maximum atomic E-state index is 13.3.